The van der Waals surface area contributed by atoms with Crippen molar-refractivity contribution in [3.63, 3.8) is 0 Å². The van der Waals surface area contributed by atoms with E-state index in [4.69, 9.17) is 5.73 Å². The summed E-state index contributed by atoms with van der Waals surface area (Å²) in [5, 5.41) is 0. The van der Waals surface area contributed by atoms with Crippen LogP contribution < -0.4 is 10.6 Å². The molecule has 1 heterocycles. The molecule has 1 saturated heterocycles. The molecule has 1 aliphatic rings. The standard InChI is InChI=1S/C14H20BrFN2/c1-8-4-9(2)10(3)18(7-8)14-5-11(15)12(16)6-13(14)17/h5-6,8-10H,4,7,17H2,1-3H3. The maximum Gasteiger partial charge on any atom is 0.139 e. The van der Waals surface area contributed by atoms with Gasteiger partial charge in [0, 0.05) is 18.7 Å². The van der Waals surface area contributed by atoms with Crippen LogP contribution in [0.1, 0.15) is 27.2 Å². The molecule has 2 N–H and O–H groups in total. The van der Waals surface area contributed by atoms with Gasteiger partial charge in [0.2, 0.25) is 0 Å². The molecule has 0 aromatic heterocycles. The number of anilines is 2. The lowest BCUT2D eigenvalue weighted by atomic mass is 9.85. The van der Waals surface area contributed by atoms with Crippen molar-refractivity contribution < 1.29 is 4.39 Å². The Morgan fingerprint density at radius 3 is 2.67 bits per heavy atom. The van der Waals surface area contributed by atoms with Gasteiger partial charge in [-0.2, -0.15) is 0 Å². The molecule has 0 amide bonds. The average Bonchev–Trinajstić information content (AvgIpc) is 2.29. The third-order valence-corrected chi connectivity index (χ3v) is 4.58. The number of hydrogen-bond acceptors (Lipinski definition) is 2. The molecule has 0 aliphatic carbocycles. The first-order valence-corrected chi connectivity index (χ1v) is 7.20. The van der Waals surface area contributed by atoms with E-state index >= 15 is 0 Å². The molecule has 1 aromatic carbocycles. The van der Waals surface area contributed by atoms with Crippen LogP contribution in [0.2, 0.25) is 0 Å². The second-order valence-corrected chi connectivity index (χ2v) is 6.39. The summed E-state index contributed by atoms with van der Waals surface area (Å²) in [6.45, 7) is 7.72. The molecule has 0 spiro atoms. The van der Waals surface area contributed by atoms with Crippen molar-refractivity contribution >= 4 is 27.3 Å². The SMILES string of the molecule is CC1CC(C)C(C)N(c2cc(Br)c(F)cc2N)C1. The molecule has 0 saturated carbocycles. The molecule has 100 valence electrons. The van der Waals surface area contributed by atoms with Crippen LogP contribution in [0.3, 0.4) is 0 Å². The molecule has 3 atom stereocenters. The zero-order valence-corrected chi connectivity index (χ0v) is 12.7. The predicted molar refractivity (Wildman–Crippen MR) is 78.3 cm³/mol. The fourth-order valence-electron chi connectivity index (χ4n) is 2.83. The van der Waals surface area contributed by atoms with Crippen LogP contribution in [0, 0.1) is 17.7 Å². The van der Waals surface area contributed by atoms with Gasteiger partial charge in [0.05, 0.1) is 15.8 Å². The van der Waals surface area contributed by atoms with Crippen molar-refractivity contribution in [3.8, 4) is 0 Å². The van der Waals surface area contributed by atoms with Crippen molar-refractivity contribution in [3.05, 3.63) is 22.4 Å². The van der Waals surface area contributed by atoms with Gasteiger partial charge >= 0.3 is 0 Å². The van der Waals surface area contributed by atoms with Gasteiger partial charge in [-0.1, -0.05) is 13.8 Å². The highest BCUT2D eigenvalue weighted by atomic mass is 79.9. The molecular formula is C14H20BrFN2. The summed E-state index contributed by atoms with van der Waals surface area (Å²) in [7, 11) is 0. The Morgan fingerprint density at radius 1 is 1.33 bits per heavy atom. The minimum Gasteiger partial charge on any atom is -0.397 e. The van der Waals surface area contributed by atoms with Gasteiger partial charge in [-0.15, -0.1) is 0 Å². The van der Waals surface area contributed by atoms with Crippen molar-refractivity contribution in [1.82, 2.24) is 0 Å². The smallest absolute Gasteiger partial charge is 0.139 e. The van der Waals surface area contributed by atoms with Gasteiger partial charge < -0.3 is 10.6 Å². The Hall–Kier alpha value is -0.770. The van der Waals surface area contributed by atoms with Crippen LogP contribution in [-0.2, 0) is 0 Å². The third-order valence-electron chi connectivity index (χ3n) is 3.98. The zero-order chi connectivity index (χ0) is 13.4. The maximum atomic E-state index is 13.4. The van der Waals surface area contributed by atoms with Crippen LogP contribution in [0.4, 0.5) is 15.8 Å². The fraction of sp³-hybridized carbons (Fsp3) is 0.571. The molecule has 0 bridgehead atoms. The van der Waals surface area contributed by atoms with Crippen molar-refractivity contribution in [2.45, 2.75) is 33.2 Å². The first kappa shape index (κ1) is 13.7. The quantitative estimate of drug-likeness (QED) is 0.793. The second-order valence-electron chi connectivity index (χ2n) is 5.54. The molecule has 18 heavy (non-hydrogen) atoms. The van der Waals surface area contributed by atoms with Crippen molar-refractivity contribution in [2.24, 2.45) is 11.8 Å². The highest BCUT2D eigenvalue weighted by molar-refractivity contribution is 9.10. The highest BCUT2D eigenvalue weighted by Gasteiger charge is 2.30. The number of piperidine rings is 1. The van der Waals surface area contributed by atoms with E-state index in [1.54, 1.807) is 6.07 Å². The lowest BCUT2D eigenvalue weighted by Gasteiger charge is -2.43. The number of hydrogen-bond donors (Lipinski definition) is 1. The normalized spacial score (nSPS) is 28.5. The Balaban J connectivity index is 2.38. The zero-order valence-electron chi connectivity index (χ0n) is 11.1. The first-order chi connectivity index (χ1) is 8.40. The summed E-state index contributed by atoms with van der Waals surface area (Å²) in [6, 6.07) is 3.63. The molecule has 1 aromatic rings. The Morgan fingerprint density at radius 2 is 2.00 bits per heavy atom. The van der Waals surface area contributed by atoms with Gasteiger partial charge in [-0.25, -0.2) is 4.39 Å². The van der Waals surface area contributed by atoms with Crippen molar-refractivity contribution in [2.75, 3.05) is 17.2 Å². The summed E-state index contributed by atoms with van der Waals surface area (Å²) < 4.78 is 13.9. The molecule has 0 radical (unpaired) electrons. The van der Waals surface area contributed by atoms with E-state index in [0.717, 1.165) is 12.2 Å². The Kier molecular flexibility index (Phi) is 3.85. The van der Waals surface area contributed by atoms with Gasteiger partial charge in [0.25, 0.3) is 0 Å². The number of benzene rings is 1. The Bertz CT molecular complexity index is 450. The van der Waals surface area contributed by atoms with Gasteiger partial charge in [0.15, 0.2) is 0 Å². The first-order valence-electron chi connectivity index (χ1n) is 6.41. The monoisotopic (exact) mass is 314 g/mol. The van der Waals surface area contributed by atoms with Crippen LogP contribution in [0.15, 0.2) is 16.6 Å². The number of halogens is 2. The van der Waals surface area contributed by atoms with E-state index < -0.39 is 0 Å². The van der Waals surface area contributed by atoms with E-state index in [9.17, 15) is 4.39 Å². The maximum absolute atomic E-state index is 13.4. The summed E-state index contributed by atoms with van der Waals surface area (Å²) in [6.07, 6.45) is 1.24. The average molecular weight is 315 g/mol. The molecule has 4 heteroatoms. The fourth-order valence-corrected chi connectivity index (χ4v) is 3.16. The highest BCUT2D eigenvalue weighted by Crippen LogP contribution is 2.36. The Labute approximate surface area is 116 Å². The number of nitrogens with zero attached hydrogens (tertiary/aromatic N) is 1. The summed E-state index contributed by atoms with van der Waals surface area (Å²) in [4.78, 5) is 2.30. The topological polar surface area (TPSA) is 29.3 Å². The summed E-state index contributed by atoms with van der Waals surface area (Å²) in [5.74, 6) is 0.957. The number of rotatable bonds is 1. The number of nitrogen functional groups attached to an aromatic ring is 1. The summed E-state index contributed by atoms with van der Waals surface area (Å²) >= 11 is 3.24. The van der Waals surface area contributed by atoms with Gasteiger partial charge in [-0.05, 0) is 47.2 Å². The van der Waals surface area contributed by atoms with Crippen LogP contribution in [-0.4, -0.2) is 12.6 Å². The van der Waals surface area contributed by atoms with E-state index in [1.165, 1.54) is 12.5 Å². The van der Waals surface area contributed by atoms with E-state index in [-0.39, 0.29) is 5.82 Å². The third kappa shape index (κ3) is 2.48. The molecule has 2 nitrogen and oxygen atoms in total. The molecule has 3 unspecified atom stereocenters. The molecular weight excluding hydrogens is 295 g/mol. The lowest BCUT2D eigenvalue weighted by Crippen LogP contribution is -2.46. The molecule has 1 fully saturated rings. The van der Waals surface area contributed by atoms with Gasteiger partial charge in [0.1, 0.15) is 5.82 Å². The second kappa shape index (κ2) is 5.08. The van der Waals surface area contributed by atoms with Crippen LogP contribution >= 0.6 is 15.9 Å². The largest absolute Gasteiger partial charge is 0.397 e. The van der Waals surface area contributed by atoms with Crippen molar-refractivity contribution in [1.29, 1.82) is 0 Å². The van der Waals surface area contributed by atoms with E-state index in [1.807, 2.05) is 0 Å². The summed E-state index contributed by atoms with van der Waals surface area (Å²) in [5.41, 5.74) is 7.43. The minimum atomic E-state index is -0.304. The van der Waals surface area contributed by atoms with E-state index in [2.05, 4.69) is 41.6 Å². The van der Waals surface area contributed by atoms with Crippen LogP contribution in [0.25, 0.3) is 0 Å². The van der Waals surface area contributed by atoms with Crippen LogP contribution in [0.5, 0.6) is 0 Å². The number of nitrogens with two attached hydrogens (primary N) is 1. The predicted octanol–water partition coefficient (Wildman–Crippen LogP) is 4.04. The molecule has 2 rings (SSSR count). The minimum absolute atomic E-state index is 0.304. The molecule has 1 aliphatic heterocycles. The van der Waals surface area contributed by atoms with Gasteiger partial charge in [-0.3, -0.25) is 0 Å². The lowest BCUT2D eigenvalue weighted by molar-refractivity contribution is 0.297. The van der Waals surface area contributed by atoms with E-state index in [0.29, 0.717) is 28.0 Å².